The number of carbonyl (C=O) groups excluding carboxylic acids is 1. The Labute approximate surface area is 188 Å². The highest BCUT2D eigenvalue weighted by Crippen LogP contribution is 2.22. The van der Waals surface area contributed by atoms with Crippen LogP contribution in [-0.2, 0) is 21.4 Å². The molecule has 3 rings (SSSR count). The summed E-state index contributed by atoms with van der Waals surface area (Å²) in [4.78, 5) is 14.5. The highest BCUT2D eigenvalue weighted by Gasteiger charge is 2.30. The summed E-state index contributed by atoms with van der Waals surface area (Å²) in [7, 11) is -0.173. The van der Waals surface area contributed by atoms with Crippen molar-refractivity contribution in [1.82, 2.24) is 14.2 Å². The summed E-state index contributed by atoms with van der Waals surface area (Å²) in [5.41, 5.74) is 1.61. The Morgan fingerprint density at radius 1 is 1.12 bits per heavy atom. The van der Waals surface area contributed by atoms with Crippen LogP contribution in [0.1, 0.15) is 13.8 Å². The van der Waals surface area contributed by atoms with Crippen molar-refractivity contribution in [1.29, 1.82) is 0 Å². The van der Waals surface area contributed by atoms with Gasteiger partial charge in [-0.3, -0.25) is 4.79 Å². The number of sulfonamides is 1. The second-order valence-electron chi connectivity index (χ2n) is 8.35. The summed E-state index contributed by atoms with van der Waals surface area (Å²) in [6.07, 6.45) is 2.00. The van der Waals surface area contributed by atoms with E-state index in [1.807, 2.05) is 38.5 Å². The molecule has 2 N–H and O–H groups in total. The Hall–Kier alpha value is -2.75. The summed E-state index contributed by atoms with van der Waals surface area (Å²) < 4.78 is 43.8. The van der Waals surface area contributed by atoms with Gasteiger partial charge < -0.3 is 14.8 Å². The van der Waals surface area contributed by atoms with Gasteiger partial charge in [-0.25, -0.2) is 12.8 Å². The van der Waals surface area contributed by atoms with Gasteiger partial charge in [0.2, 0.25) is 15.9 Å². The summed E-state index contributed by atoms with van der Waals surface area (Å²) in [6, 6.07) is 11.5. The van der Waals surface area contributed by atoms with Crippen LogP contribution in [0.5, 0.6) is 0 Å². The number of nitrogens with zero attached hydrogens (tertiary/aromatic N) is 2. The lowest BCUT2D eigenvalue weighted by molar-refractivity contribution is -0.118. The molecule has 0 fully saturated rings. The zero-order chi connectivity index (χ0) is 23.5. The highest BCUT2D eigenvalue weighted by atomic mass is 32.2. The van der Waals surface area contributed by atoms with Crippen LogP contribution in [-0.4, -0.2) is 50.5 Å². The van der Waals surface area contributed by atoms with Crippen molar-refractivity contribution >= 4 is 32.5 Å². The van der Waals surface area contributed by atoms with Gasteiger partial charge in [0.25, 0.3) is 0 Å². The first-order chi connectivity index (χ1) is 15.1. The first-order valence-corrected chi connectivity index (χ1v) is 11.9. The normalized spacial score (nSPS) is 13.1. The number of rotatable bonds is 9. The molecule has 0 aliphatic heterocycles. The number of anilines is 1. The minimum Gasteiger partial charge on any atom is -0.346 e. The molecule has 9 heteroatoms. The number of carbonyl (C=O) groups is 1. The molecule has 1 atom stereocenters. The van der Waals surface area contributed by atoms with E-state index in [1.165, 1.54) is 18.2 Å². The fourth-order valence-electron chi connectivity index (χ4n) is 3.39. The summed E-state index contributed by atoms with van der Waals surface area (Å²) in [5, 5.41) is 3.75. The zero-order valence-electron chi connectivity index (χ0n) is 18.7. The van der Waals surface area contributed by atoms with Gasteiger partial charge in [-0.2, -0.15) is 4.72 Å². The standard InChI is InChI=1S/C23H29FN4O3S/c1-16(2)22(26-32(30,31)21-8-6-5-7-19(21)24)23(29)25-18-9-10-20-17(15-18)11-12-28(20)14-13-27(3)4/h5-12,15-16,22,26H,13-14H2,1-4H3,(H,25,29)/t22-/m0/s1. The number of benzene rings is 2. The van der Waals surface area contributed by atoms with E-state index >= 15 is 0 Å². The number of aromatic nitrogens is 1. The summed E-state index contributed by atoms with van der Waals surface area (Å²) in [6.45, 7) is 5.19. The SMILES string of the molecule is CC(C)[C@H](NS(=O)(=O)c1ccccc1F)C(=O)Nc1ccc2c(ccn2CCN(C)C)c1. The first-order valence-electron chi connectivity index (χ1n) is 10.4. The van der Waals surface area contributed by atoms with Crippen molar-refractivity contribution < 1.29 is 17.6 Å². The molecule has 3 aromatic rings. The predicted molar refractivity (Wildman–Crippen MR) is 124 cm³/mol. The lowest BCUT2D eigenvalue weighted by Crippen LogP contribution is -2.47. The van der Waals surface area contributed by atoms with E-state index in [4.69, 9.17) is 0 Å². The number of hydrogen-bond donors (Lipinski definition) is 2. The molecule has 32 heavy (non-hydrogen) atoms. The minimum atomic E-state index is -4.21. The number of fused-ring (bicyclic) bond motifs is 1. The van der Waals surface area contributed by atoms with Crippen molar-refractivity contribution in [3.05, 3.63) is 60.5 Å². The second kappa shape index (κ2) is 9.81. The van der Waals surface area contributed by atoms with E-state index in [0.717, 1.165) is 30.1 Å². The molecule has 0 saturated carbocycles. The van der Waals surface area contributed by atoms with E-state index in [9.17, 15) is 17.6 Å². The molecule has 1 amide bonds. The molecule has 0 bridgehead atoms. The van der Waals surface area contributed by atoms with Crippen LogP contribution in [0.3, 0.4) is 0 Å². The van der Waals surface area contributed by atoms with Crippen LogP contribution in [0, 0.1) is 11.7 Å². The third-order valence-corrected chi connectivity index (χ3v) is 6.66. The van der Waals surface area contributed by atoms with E-state index < -0.39 is 32.7 Å². The first kappa shape index (κ1) is 23.9. The molecule has 0 saturated heterocycles. The maximum Gasteiger partial charge on any atom is 0.244 e. The smallest absolute Gasteiger partial charge is 0.244 e. The van der Waals surface area contributed by atoms with Gasteiger partial charge in [-0.15, -0.1) is 0 Å². The van der Waals surface area contributed by atoms with Crippen LogP contribution in [0.25, 0.3) is 10.9 Å². The summed E-state index contributed by atoms with van der Waals surface area (Å²) in [5.74, 6) is -1.73. The average molecular weight is 461 g/mol. The Morgan fingerprint density at radius 3 is 2.50 bits per heavy atom. The molecule has 0 radical (unpaired) electrons. The summed E-state index contributed by atoms with van der Waals surface area (Å²) >= 11 is 0. The van der Waals surface area contributed by atoms with Gasteiger partial charge in [0.05, 0.1) is 0 Å². The lowest BCUT2D eigenvalue weighted by atomic mass is 10.0. The van der Waals surface area contributed by atoms with Gasteiger partial charge in [0.1, 0.15) is 16.8 Å². The minimum absolute atomic E-state index is 0.354. The Bertz CT molecular complexity index is 1200. The quantitative estimate of drug-likeness (QED) is 0.513. The maximum absolute atomic E-state index is 14.0. The van der Waals surface area contributed by atoms with Crippen molar-refractivity contribution in [3.63, 3.8) is 0 Å². The van der Waals surface area contributed by atoms with Crippen molar-refractivity contribution in [2.75, 3.05) is 26.0 Å². The third kappa shape index (κ3) is 5.53. The maximum atomic E-state index is 14.0. The highest BCUT2D eigenvalue weighted by molar-refractivity contribution is 7.89. The van der Waals surface area contributed by atoms with E-state index in [-0.39, 0.29) is 5.92 Å². The van der Waals surface area contributed by atoms with Gasteiger partial charge in [0, 0.05) is 35.9 Å². The molecule has 1 heterocycles. The van der Waals surface area contributed by atoms with Crippen LogP contribution < -0.4 is 10.0 Å². The Kier molecular flexibility index (Phi) is 7.33. The van der Waals surface area contributed by atoms with Gasteiger partial charge in [0.15, 0.2) is 0 Å². The molecular weight excluding hydrogens is 431 g/mol. The molecule has 2 aromatic carbocycles. The molecule has 0 unspecified atom stereocenters. The van der Waals surface area contributed by atoms with Crippen molar-refractivity contribution in [2.24, 2.45) is 5.92 Å². The number of halogens is 1. The predicted octanol–water partition coefficient (Wildman–Crippen LogP) is 3.28. The monoisotopic (exact) mass is 460 g/mol. The molecule has 7 nitrogen and oxygen atoms in total. The van der Waals surface area contributed by atoms with Crippen molar-refractivity contribution in [2.45, 2.75) is 31.3 Å². The van der Waals surface area contributed by atoms with Crippen LogP contribution >= 0.6 is 0 Å². The lowest BCUT2D eigenvalue weighted by Gasteiger charge is -2.22. The molecular formula is C23H29FN4O3S. The average Bonchev–Trinajstić information content (AvgIpc) is 3.12. The number of likely N-dealkylation sites (N-methyl/N-ethyl adjacent to an activating group) is 1. The number of hydrogen-bond acceptors (Lipinski definition) is 4. The largest absolute Gasteiger partial charge is 0.346 e. The fraction of sp³-hybridized carbons (Fsp3) is 0.348. The van der Waals surface area contributed by atoms with Crippen LogP contribution in [0.15, 0.2) is 59.6 Å². The molecule has 1 aromatic heterocycles. The molecule has 0 aliphatic rings. The second-order valence-corrected chi connectivity index (χ2v) is 10.0. The Balaban J connectivity index is 1.77. The van der Waals surface area contributed by atoms with Crippen molar-refractivity contribution in [3.8, 4) is 0 Å². The van der Waals surface area contributed by atoms with E-state index in [1.54, 1.807) is 19.9 Å². The van der Waals surface area contributed by atoms with Crippen LogP contribution in [0.2, 0.25) is 0 Å². The van der Waals surface area contributed by atoms with Gasteiger partial charge >= 0.3 is 0 Å². The topological polar surface area (TPSA) is 83.4 Å². The Morgan fingerprint density at radius 2 is 1.84 bits per heavy atom. The van der Waals surface area contributed by atoms with Crippen LogP contribution in [0.4, 0.5) is 10.1 Å². The molecule has 0 aliphatic carbocycles. The van der Waals surface area contributed by atoms with Gasteiger partial charge in [-0.05, 0) is 56.4 Å². The molecule has 172 valence electrons. The third-order valence-electron chi connectivity index (χ3n) is 5.18. The number of amides is 1. The zero-order valence-corrected chi connectivity index (χ0v) is 19.5. The van der Waals surface area contributed by atoms with Gasteiger partial charge in [-0.1, -0.05) is 26.0 Å². The molecule has 0 spiro atoms. The van der Waals surface area contributed by atoms with E-state index in [2.05, 4.69) is 19.5 Å². The fourth-order valence-corrected chi connectivity index (χ4v) is 4.81. The number of nitrogens with one attached hydrogen (secondary N) is 2. The van der Waals surface area contributed by atoms with E-state index in [0.29, 0.717) is 5.69 Å².